The van der Waals surface area contributed by atoms with Crippen molar-refractivity contribution in [3.8, 4) is 0 Å². The third-order valence-corrected chi connectivity index (χ3v) is 4.67. The molecule has 2 aromatic rings. The average Bonchev–Trinajstić information content (AvgIpc) is 2.59. The Morgan fingerprint density at radius 3 is 2.71 bits per heavy atom. The monoisotopic (exact) mass is 334 g/mol. The van der Waals surface area contributed by atoms with Gasteiger partial charge in [0.05, 0.1) is 6.61 Å². The Hall–Kier alpha value is 0.1000. The van der Waals surface area contributed by atoms with Gasteiger partial charge >= 0.3 is 0 Å². The highest BCUT2D eigenvalue weighted by Crippen LogP contribution is 2.32. The van der Waals surface area contributed by atoms with Gasteiger partial charge in [0.25, 0.3) is 0 Å². The minimum Gasteiger partial charge on any atom is -0.392 e. The van der Waals surface area contributed by atoms with Gasteiger partial charge in [0.1, 0.15) is 0 Å². The van der Waals surface area contributed by atoms with Crippen molar-refractivity contribution in [3.05, 3.63) is 33.1 Å². The van der Waals surface area contributed by atoms with Crippen LogP contribution >= 0.6 is 43.2 Å². The fraction of sp³-hybridized carbons (Fsp3) is 0.200. The molecule has 0 aliphatic heterocycles. The number of aliphatic hydroxyl groups is 1. The zero-order chi connectivity index (χ0) is 10.1. The van der Waals surface area contributed by atoms with Crippen LogP contribution in [0.15, 0.2) is 22.7 Å². The fourth-order valence-corrected chi connectivity index (χ4v) is 3.44. The Kier molecular flexibility index (Phi) is 3.27. The fourth-order valence-electron chi connectivity index (χ4n) is 1.42. The Morgan fingerprint density at radius 1 is 1.29 bits per heavy atom. The Morgan fingerprint density at radius 2 is 2.07 bits per heavy atom. The van der Waals surface area contributed by atoms with Crippen LogP contribution in [-0.4, -0.2) is 5.11 Å². The lowest BCUT2D eigenvalue weighted by molar-refractivity contribution is 0.283. The molecular formula is C10H8Br2OS. The Bertz CT molecular complexity index is 464. The summed E-state index contributed by atoms with van der Waals surface area (Å²) in [6.45, 7) is 0.0954. The molecule has 0 bridgehead atoms. The molecule has 0 atom stereocenters. The quantitative estimate of drug-likeness (QED) is 0.821. The number of thiophene rings is 1. The van der Waals surface area contributed by atoms with Crippen LogP contribution in [0, 0.1) is 0 Å². The lowest BCUT2D eigenvalue weighted by Gasteiger charge is -1.99. The van der Waals surface area contributed by atoms with E-state index in [9.17, 15) is 5.11 Å². The topological polar surface area (TPSA) is 20.2 Å². The van der Waals surface area contributed by atoms with Crippen molar-refractivity contribution < 1.29 is 5.11 Å². The summed E-state index contributed by atoms with van der Waals surface area (Å²) in [6.07, 6.45) is 0. The maximum atomic E-state index is 9.22. The molecule has 0 saturated heterocycles. The number of benzene rings is 1. The van der Waals surface area contributed by atoms with Crippen LogP contribution in [0.4, 0.5) is 0 Å². The van der Waals surface area contributed by atoms with E-state index in [0.29, 0.717) is 0 Å². The number of fused-ring (bicyclic) bond motifs is 1. The van der Waals surface area contributed by atoms with Gasteiger partial charge in [-0.05, 0) is 29.1 Å². The van der Waals surface area contributed by atoms with Crippen LogP contribution < -0.4 is 0 Å². The van der Waals surface area contributed by atoms with E-state index in [1.165, 1.54) is 15.0 Å². The number of rotatable bonds is 2. The smallest absolute Gasteiger partial charge is 0.0696 e. The maximum absolute atomic E-state index is 9.22. The second-order valence-electron chi connectivity index (χ2n) is 2.99. The molecule has 0 radical (unpaired) electrons. The molecule has 1 aromatic heterocycles. The molecule has 4 heteroatoms. The predicted octanol–water partition coefficient (Wildman–Crippen LogP) is 4.05. The van der Waals surface area contributed by atoms with E-state index < -0.39 is 0 Å². The molecule has 1 N–H and O–H groups in total. The van der Waals surface area contributed by atoms with Gasteiger partial charge < -0.3 is 5.11 Å². The van der Waals surface area contributed by atoms with E-state index in [-0.39, 0.29) is 6.61 Å². The minimum absolute atomic E-state index is 0.0954. The third-order valence-electron chi connectivity index (χ3n) is 2.01. The summed E-state index contributed by atoms with van der Waals surface area (Å²) in [4.78, 5) is 1.28. The van der Waals surface area contributed by atoms with Gasteiger partial charge in [-0.25, -0.2) is 0 Å². The number of alkyl halides is 1. The molecule has 14 heavy (non-hydrogen) atoms. The molecule has 1 nitrogen and oxygen atoms in total. The molecule has 74 valence electrons. The predicted molar refractivity (Wildman–Crippen MR) is 68.1 cm³/mol. The molecule has 0 saturated carbocycles. The molecular weight excluding hydrogens is 328 g/mol. The number of aliphatic hydroxyl groups excluding tert-OH is 1. The molecule has 0 spiro atoms. The molecule has 1 heterocycles. The van der Waals surface area contributed by atoms with E-state index in [4.69, 9.17) is 0 Å². The second-order valence-corrected chi connectivity index (χ2v) is 5.60. The van der Waals surface area contributed by atoms with E-state index in [0.717, 1.165) is 15.4 Å². The number of halogens is 2. The van der Waals surface area contributed by atoms with Crippen LogP contribution in [0.25, 0.3) is 10.1 Å². The summed E-state index contributed by atoms with van der Waals surface area (Å²) >= 11 is 8.60. The standard InChI is InChI=1S/C10H8Br2OS/c11-4-9-3-6-1-8(12)2-7(5-13)10(6)14-9/h1-3,13H,4-5H2. The summed E-state index contributed by atoms with van der Waals surface area (Å²) in [5, 5.41) is 11.3. The lowest BCUT2D eigenvalue weighted by atomic mass is 10.2. The van der Waals surface area contributed by atoms with Gasteiger partial charge in [-0.15, -0.1) is 11.3 Å². The van der Waals surface area contributed by atoms with Crippen LogP contribution in [0.2, 0.25) is 0 Å². The highest BCUT2D eigenvalue weighted by molar-refractivity contribution is 9.10. The Balaban J connectivity index is 2.71. The zero-order valence-corrected chi connectivity index (χ0v) is 11.2. The number of hydrogen-bond donors (Lipinski definition) is 1. The van der Waals surface area contributed by atoms with Crippen molar-refractivity contribution in [1.29, 1.82) is 0 Å². The summed E-state index contributed by atoms with van der Waals surface area (Å²) < 4.78 is 2.21. The van der Waals surface area contributed by atoms with E-state index in [1.54, 1.807) is 11.3 Å². The first kappa shape index (κ1) is 10.6. The molecule has 0 amide bonds. The van der Waals surface area contributed by atoms with Crippen molar-refractivity contribution in [2.24, 2.45) is 0 Å². The molecule has 0 fully saturated rings. The largest absolute Gasteiger partial charge is 0.392 e. The van der Waals surface area contributed by atoms with Gasteiger partial charge in [-0.1, -0.05) is 31.9 Å². The van der Waals surface area contributed by atoms with Crippen LogP contribution in [0.5, 0.6) is 0 Å². The number of hydrogen-bond acceptors (Lipinski definition) is 2. The first-order chi connectivity index (χ1) is 6.74. The first-order valence-corrected chi connectivity index (χ1v) is 6.85. The van der Waals surface area contributed by atoms with E-state index in [1.807, 2.05) is 6.07 Å². The average molecular weight is 336 g/mol. The summed E-state index contributed by atoms with van der Waals surface area (Å²) in [6, 6.07) is 6.20. The van der Waals surface area contributed by atoms with Gasteiger partial charge in [-0.2, -0.15) is 0 Å². The van der Waals surface area contributed by atoms with E-state index >= 15 is 0 Å². The van der Waals surface area contributed by atoms with Crippen molar-refractivity contribution >= 4 is 53.3 Å². The van der Waals surface area contributed by atoms with Gasteiger partial charge in [0.15, 0.2) is 0 Å². The lowest BCUT2D eigenvalue weighted by Crippen LogP contribution is -1.82. The minimum atomic E-state index is 0.0954. The van der Waals surface area contributed by atoms with Crippen molar-refractivity contribution in [2.75, 3.05) is 0 Å². The Labute approximate surface area is 103 Å². The van der Waals surface area contributed by atoms with Gasteiger partial charge in [0.2, 0.25) is 0 Å². The van der Waals surface area contributed by atoms with Gasteiger partial charge in [-0.3, -0.25) is 0 Å². The SMILES string of the molecule is OCc1cc(Br)cc2cc(CBr)sc12. The summed E-state index contributed by atoms with van der Waals surface area (Å²) in [5.74, 6) is 0. The highest BCUT2D eigenvalue weighted by atomic mass is 79.9. The molecule has 0 aliphatic rings. The van der Waals surface area contributed by atoms with Crippen LogP contribution in [-0.2, 0) is 11.9 Å². The van der Waals surface area contributed by atoms with E-state index in [2.05, 4.69) is 44.0 Å². The maximum Gasteiger partial charge on any atom is 0.0696 e. The van der Waals surface area contributed by atoms with Crippen molar-refractivity contribution in [2.45, 2.75) is 11.9 Å². The molecule has 1 aromatic carbocycles. The molecule has 0 aliphatic carbocycles. The third kappa shape index (κ3) is 1.89. The summed E-state index contributed by atoms with van der Waals surface area (Å²) in [5.41, 5.74) is 0.992. The van der Waals surface area contributed by atoms with Crippen molar-refractivity contribution in [3.63, 3.8) is 0 Å². The van der Waals surface area contributed by atoms with Crippen LogP contribution in [0.3, 0.4) is 0 Å². The first-order valence-electron chi connectivity index (χ1n) is 4.12. The molecule has 0 unspecified atom stereocenters. The normalized spacial score (nSPS) is 11.1. The molecule has 2 rings (SSSR count). The summed E-state index contributed by atoms with van der Waals surface area (Å²) in [7, 11) is 0. The van der Waals surface area contributed by atoms with Crippen LogP contribution in [0.1, 0.15) is 10.4 Å². The zero-order valence-electron chi connectivity index (χ0n) is 7.26. The van der Waals surface area contributed by atoms with Crippen molar-refractivity contribution in [1.82, 2.24) is 0 Å². The van der Waals surface area contributed by atoms with Gasteiger partial charge in [0, 0.05) is 19.4 Å². The second kappa shape index (κ2) is 4.31. The highest BCUT2D eigenvalue weighted by Gasteiger charge is 2.06.